The summed E-state index contributed by atoms with van der Waals surface area (Å²) in [7, 11) is 0. The van der Waals surface area contributed by atoms with Crippen LogP contribution in [0.4, 0.5) is 11.4 Å². The van der Waals surface area contributed by atoms with Gasteiger partial charge in [0, 0.05) is 67.1 Å². The number of amides is 2. The van der Waals surface area contributed by atoms with Crippen molar-refractivity contribution in [2.24, 2.45) is 5.41 Å². The second-order valence-electron chi connectivity index (χ2n) is 10.3. The molecule has 1 N–H and O–H groups in total. The van der Waals surface area contributed by atoms with E-state index in [1.54, 1.807) is 0 Å². The molecule has 2 aromatic carbocycles. The molecule has 2 heterocycles. The van der Waals surface area contributed by atoms with E-state index in [1.165, 1.54) is 0 Å². The molecule has 2 aromatic rings. The van der Waals surface area contributed by atoms with E-state index in [-0.39, 0.29) is 23.3 Å². The van der Waals surface area contributed by atoms with Gasteiger partial charge in [0.2, 0.25) is 5.91 Å². The summed E-state index contributed by atoms with van der Waals surface area (Å²) in [5.41, 5.74) is 2.51. The van der Waals surface area contributed by atoms with Gasteiger partial charge in [-0.05, 0) is 49.2 Å². The summed E-state index contributed by atoms with van der Waals surface area (Å²) in [5.74, 6) is 0.189. The molecule has 0 aliphatic carbocycles. The lowest BCUT2D eigenvalue weighted by atomic mass is 9.94. The summed E-state index contributed by atoms with van der Waals surface area (Å²) in [6, 6.07) is 16.0. The van der Waals surface area contributed by atoms with Gasteiger partial charge in [0.25, 0.3) is 5.91 Å². The van der Waals surface area contributed by atoms with Crippen molar-refractivity contribution in [3.63, 3.8) is 0 Å². The molecule has 182 valence electrons. The monoisotopic (exact) mass is 482 g/mol. The molecule has 4 rings (SSSR count). The smallest absolute Gasteiger partial charge is 0.256 e. The van der Waals surface area contributed by atoms with E-state index in [0.29, 0.717) is 13.1 Å². The average molecular weight is 483 g/mol. The molecule has 2 aliphatic rings. The molecule has 0 atom stereocenters. The van der Waals surface area contributed by atoms with Gasteiger partial charge < -0.3 is 20.0 Å². The minimum absolute atomic E-state index is 0.0921. The number of anilines is 2. The minimum Gasteiger partial charge on any atom is -0.371 e. The summed E-state index contributed by atoms with van der Waals surface area (Å²) in [4.78, 5) is 32.4. The highest BCUT2D eigenvalue weighted by Gasteiger charge is 2.29. The van der Waals surface area contributed by atoms with Crippen LogP contribution in [0.2, 0.25) is 5.02 Å². The molecular formula is C27H35ClN4O2. The van der Waals surface area contributed by atoms with Gasteiger partial charge in [-0.15, -0.1) is 0 Å². The second-order valence-corrected chi connectivity index (χ2v) is 10.7. The Balaban J connectivity index is 1.37. The zero-order valence-corrected chi connectivity index (χ0v) is 21.1. The normalized spacial score (nSPS) is 17.6. The van der Waals surface area contributed by atoms with Gasteiger partial charge in [-0.1, -0.05) is 44.5 Å². The Morgan fingerprint density at radius 1 is 0.853 bits per heavy atom. The third kappa shape index (κ3) is 5.66. The first-order chi connectivity index (χ1) is 16.2. The molecule has 2 amide bonds. The third-order valence-corrected chi connectivity index (χ3v) is 7.00. The SMILES string of the molecule is CC(C)(C)C(=O)NC1CCN(c2ccccc2C(=O)N2CCN(c3ccc(Cl)cc3)CC2)CC1. The fourth-order valence-corrected chi connectivity index (χ4v) is 4.71. The molecule has 7 heteroatoms. The van der Waals surface area contributed by atoms with Crippen LogP contribution in [0.15, 0.2) is 48.5 Å². The third-order valence-electron chi connectivity index (χ3n) is 6.75. The Bertz CT molecular complexity index is 1000. The lowest BCUT2D eigenvalue weighted by Crippen LogP contribution is -2.49. The molecule has 34 heavy (non-hydrogen) atoms. The van der Waals surface area contributed by atoms with Crippen LogP contribution in [0.3, 0.4) is 0 Å². The molecule has 0 saturated carbocycles. The Morgan fingerprint density at radius 3 is 2.09 bits per heavy atom. The predicted octanol–water partition coefficient (Wildman–Crippen LogP) is 4.43. The summed E-state index contributed by atoms with van der Waals surface area (Å²) < 4.78 is 0. The van der Waals surface area contributed by atoms with Crippen molar-refractivity contribution >= 4 is 34.8 Å². The van der Waals surface area contributed by atoms with Crippen LogP contribution in [0.25, 0.3) is 0 Å². The summed E-state index contributed by atoms with van der Waals surface area (Å²) in [6.07, 6.45) is 1.76. The van der Waals surface area contributed by atoms with Crippen molar-refractivity contribution in [1.29, 1.82) is 0 Å². The Morgan fingerprint density at radius 2 is 1.47 bits per heavy atom. The largest absolute Gasteiger partial charge is 0.371 e. The van der Waals surface area contributed by atoms with Crippen molar-refractivity contribution in [1.82, 2.24) is 10.2 Å². The topological polar surface area (TPSA) is 55.9 Å². The molecule has 6 nitrogen and oxygen atoms in total. The Labute approximate surface area is 207 Å². The first-order valence-electron chi connectivity index (χ1n) is 12.2. The Kier molecular flexibility index (Phi) is 7.36. The average Bonchev–Trinajstić information content (AvgIpc) is 2.84. The zero-order valence-electron chi connectivity index (χ0n) is 20.4. The van der Waals surface area contributed by atoms with Crippen LogP contribution in [0.1, 0.15) is 44.0 Å². The van der Waals surface area contributed by atoms with E-state index in [0.717, 1.165) is 61.0 Å². The van der Waals surface area contributed by atoms with E-state index < -0.39 is 0 Å². The van der Waals surface area contributed by atoms with E-state index in [9.17, 15) is 9.59 Å². The van der Waals surface area contributed by atoms with Gasteiger partial charge in [0.15, 0.2) is 0 Å². The maximum Gasteiger partial charge on any atom is 0.256 e. The second kappa shape index (κ2) is 10.3. The highest BCUT2D eigenvalue weighted by molar-refractivity contribution is 6.30. The summed E-state index contributed by atoms with van der Waals surface area (Å²) in [6.45, 7) is 10.4. The van der Waals surface area contributed by atoms with Gasteiger partial charge in [-0.2, -0.15) is 0 Å². The number of rotatable bonds is 4. The van der Waals surface area contributed by atoms with Crippen LogP contribution in [-0.4, -0.2) is 62.0 Å². The van der Waals surface area contributed by atoms with Gasteiger partial charge in [0.05, 0.1) is 5.56 Å². The van der Waals surface area contributed by atoms with Gasteiger partial charge in [-0.3, -0.25) is 9.59 Å². The van der Waals surface area contributed by atoms with Crippen LogP contribution >= 0.6 is 11.6 Å². The van der Waals surface area contributed by atoms with Gasteiger partial charge in [-0.25, -0.2) is 0 Å². The quantitative estimate of drug-likeness (QED) is 0.700. The molecule has 0 radical (unpaired) electrons. The minimum atomic E-state index is -0.381. The van der Waals surface area contributed by atoms with Crippen LogP contribution < -0.4 is 15.1 Å². The lowest BCUT2D eigenvalue weighted by Gasteiger charge is -2.38. The fraction of sp³-hybridized carbons (Fsp3) is 0.481. The number of nitrogens with zero attached hydrogens (tertiary/aromatic N) is 3. The number of nitrogens with one attached hydrogen (secondary N) is 1. The first-order valence-corrected chi connectivity index (χ1v) is 12.5. The van der Waals surface area contributed by atoms with Crippen molar-refractivity contribution < 1.29 is 9.59 Å². The maximum absolute atomic E-state index is 13.5. The zero-order chi connectivity index (χ0) is 24.3. The number of hydrogen-bond acceptors (Lipinski definition) is 4. The number of hydrogen-bond donors (Lipinski definition) is 1. The summed E-state index contributed by atoms with van der Waals surface area (Å²) in [5, 5.41) is 3.92. The van der Waals surface area contributed by atoms with Gasteiger partial charge >= 0.3 is 0 Å². The highest BCUT2D eigenvalue weighted by Crippen LogP contribution is 2.27. The van der Waals surface area contributed by atoms with Crippen molar-refractivity contribution in [3.05, 3.63) is 59.1 Å². The number of benzene rings is 2. The van der Waals surface area contributed by atoms with Crippen molar-refractivity contribution in [2.75, 3.05) is 49.1 Å². The fourth-order valence-electron chi connectivity index (χ4n) is 4.59. The van der Waals surface area contributed by atoms with Crippen LogP contribution in [0, 0.1) is 5.41 Å². The number of para-hydroxylation sites is 1. The number of carbonyl (C=O) groups is 2. The molecule has 0 unspecified atom stereocenters. The van der Waals surface area contributed by atoms with E-state index in [1.807, 2.05) is 74.2 Å². The lowest BCUT2D eigenvalue weighted by molar-refractivity contribution is -0.129. The molecular weight excluding hydrogens is 448 g/mol. The molecule has 0 spiro atoms. The number of piperazine rings is 1. The van der Waals surface area contributed by atoms with Crippen molar-refractivity contribution in [2.45, 2.75) is 39.7 Å². The van der Waals surface area contributed by atoms with E-state index in [4.69, 9.17) is 11.6 Å². The van der Waals surface area contributed by atoms with E-state index >= 15 is 0 Å². The van der Waals surface area contributed by atoms with E-state index in [2.05, 4.69) is 15.1 Å². The predicted molar refractivity (Wildman–Crippen MR) is 139 cm³/mol. The maximum atomic E-state index is 13.5. The number of carbonyl (C=O) groups excluding carboxylic acids is 2. The molecule has 2 saturated heterocycles. The number of piperidine rings is 1. The highest BCUT2D eigenvalue weighted by atomic mass is 35.5. The summed E-state index contributed by atoms with van der Waals surface area (Å²) >= 11 is 6.02. The van der Waals surface area contributed by atoms with Crippen LogP contribution in [0.5, 0.6) is 0 Å². The first kappa shape index (κ1) is 24.4. The standard InChI is InChI=1S/C27H35ClN4O2/c1-27(2,3)26(34)29-21-12-14-31(15-13-21)24-7-5-4-6-23(24)25(33)32-18-16-30(17-19-32)22-10-8-20(28)9-11-22/h4-11,21H,12-19H2,1-3H3,(H,29,34). The van der Waals surface area contributed by atoms with Crippen LogP contribution in [-0.2, 0) is 4.79 Å². The van der Waals surface area contributed by atoms with Gasteiger partial charge in [0.1, 0.15) is 0 Å². The molecule has 2 aliphatic heterocycles. The molecule has 0 aromatic heterocycles. The molecule has 0 bridgehead atoms. The molecule has 2 fully saturated rings. The van der Waals surface area contributed by atoms with Crippen molar-refractivity contribution in [3.8, 4) is 0 Å². The Hall–Kier alpha value is -2.73. The number of halogens is 1.